The largest absolute Gasteiger partial charge is 0.376 e. The molecule has 7 heteroatoms. The number of ether oxygens (including phenoxy) is 1. The molecule has 1 fully saturated rings. The number of aryl methyl sites for hydroxylation is 3. The van der Waals surface area contributed by atoms with Gasteiger partial charge in [-0.2, -0.15) is 0 Å². The van der Waals surface area contributed by atoms with Crippen molar-refractivity contribution in [2.45, 2.75) is 39.7 Å². The molecule has 2 N–H and O–H groups in total. The Morgan fingerprint density at radius 1 is 1.22 bits per heavy atom. The summed E-state index contributed by atoms with van der Waals surface area (Å²) in [5, 5.41) is 0.910. The number of nitrogens with zero attached hydrogens (tertiary/aromatic N) is 4. The van der Waals surface area contributed by atoms with E-state index in [0.29, 0.717) is 17.2 Å². The van der Waals surface area contributed by atoms with Crippen LogP contribution >= 0.6 is 0 Å². The molecule has 0 unspecified atom stereocenters. The van der Waals surface area contributed by atoms with Crippen LogP contribution in [-0.4, -0.2) is 34.4 Å². The van der Waals surface area contributed by atoms with Gasteiger partial charge in [-0.1, -0.05) is 6.07 Å². The van der Waals surface area contributed by atoms with Crippen molar-refractivity contribution < 1.29 is 4.74 Å². The molecule has 0 bridgehead atoms. The van der Waals surface area contributed by atoms with Gasteiger partial charge in [0.2, 0.25) is 5.96 Å². The van der Waals surface area contributed by atoms with Gasteiger partial charge < -0.3 is 15.0 Å². The quantitative estimate of drug-likeness (QED) is 0.487. The van der Waals surface area contributed by atoms with Gasteiger partial charge in [-0.05, 0) is 69.0 Å². The van der Waals surface area contributed by atoms with E-state index in [4.69, 9.17) is 10.5 Å². The first-order valence-electron chi connectivity index (χ1n) is 10.8. The zero-order valence-electron chi connectivity index (χ0n) is 19.2. The van der Waals surface area contributed by atoms with E-state index < -0.39 is 0 Å². The number of nitrogens with two attached hydrogens (primary N) is 1. The average molecular weight is 432 g/mol. The number of aromatic nitrogens is 2. The fraction of sp³-hybridized carbons (Fsp3) is 0.360. The topological polar surface area (TPSA) is 94.9 Å². The van der Waals surface area contributed by atoms with Crippen LogP contribution in [0.4, 0.5) is 5.69 Å². The predicted molar refractivity (Wildman–Crippen MR) is 130 cm³/mol. The van der Waals surface area contributed by atoms with E-state index in [1.165, 1.54) is 0 Å². The van der Waals surface area contributed by atoms with Gasteiger partial charge in [-0.25, -0.2) is 9.98 Å². The minimum atomic E-state index is -0.0947. The number of pyridine rings is 2. The monoisotopic (exact) mass is 431 g/mol. The van der Waals surface area contributed by atoms with Crippen LogP contribution in [-0.2, 0) is 11.8 Å². The van der Waals surface area contributed by atoms with Crippen molar-refractivity contribution in [3.63, 3.8) is 0 Å². The Kier molecular flexibility index (Phi) is 5.93. The maximum Gasteiger partial charge on any atom is 0.258 e. The second-order valence-electron chi connectivity index (χ2n) is 8.46. The molecule has 1 saturated carbocycles. The number of methoxy groups -OCH3 is 1. The second-order valence-corrected chi connectivity index (χ2v) is 8.46. The fourth-order valence-electron chi connectivity index (χ4n) is 3.93. The van der Waals surface area contributed by atoms with Crippen LogP contribution in [0.25, 0.3) is 22.0 Å². The SMILES string of the molecule is CO[C@@H](C)C(=NC(N)=Nc1ccc(C)c(-c2cc3cnc(C)cc3n(C)c2=O)c1)C1CC1. The lowest BCUT2D eigenvalue weighted by atomic mass is 9.99. The Morgan fingerprint density at radius 2 is 1.97 bits per heavy atom. The van der Waals surface area contributed by atoms with Crippen molar-refractivity contribution in [3.8, 4) is 11.1 Å². The summed E-state index contributed by atoms with van der Waals surface area (Å²) in [7, 11) is 3.46. The summed E-state index contributed by atoms with van der Waals surface area (Å²) in [4.78, 5) is 26.6. The van der Waals surface area contributed by atoms with Crippen molar-refractivity contribution in [1.82, 2.24) is 9.55 Å². The highest BCUT2D eigenvalue weighted by Crippen LogP contribution is 2.33. The highest BCUT2D eigenvalue weighted by Gasteiger charge is 2.31. The molecule has 1 aliphatic rings. The molecule has 0 amide bonds. The minimum absolute atomic E-state index is 0.0664. The van der Waals surface area contributed by atoms with Gasteiger partial charge in [-0.15, -0.1) is 0 Å². The van der Waals surface area contributed by atoms with E-state index in [-0.39, 0.29) is 17.6 Å². The molecule has 32 heavy (non-hydrogen) atoms. The van der Waals surface area contributed by atoms with Gasteiger partial charge in [0.25, 0.3) is 5.56 Å². The highest BCUT2D eigenvalue weighted by molar-refractivity contribution is 6.01. The van der Waals surface area contributed by atoms with Gasteiger partial charge in [0.15, 0.2) is 0 Å². The molecular weight excluding hydrogens is 402 g/mol. The van der Waals surface area contributed by atoms with Crippen LogP contribution < -0.4 is 11.3 Å². The Morgan fingerprint density at radius 3 is 2.66 bits per heavy atom. The molecule has 1 atom stereocenters. The highest BCUT2D eigenvalue weighted by atomic mass is 16.5. The van der Waals surface area contributed by atoms with E-state index in [1.54, 1.807) is 24.9 Å². The van der Waals surface area contributed by atoms with Crippen molar-refractivity contribution in [2.24, 2.45) is 28.7 Å². The number of hydrogen-bond acceptors (Lipinski definition) is 4. The van der Waals surface area contributed by atoms with Crippen molar-refractivity contribution in [2.75, 3.05) is 7.11 Å². The van der Waals surface area contributed by atoms with Crippen molar-refractivity contribution >= 4 is 28.3 Å². The van der Waals surface area contributed by atoms with E-state index in [1.807, 2.05) is 51.1 Å². The smallest absolute Gasteiger partial charge is 0.258 e. The molecule has 166 valence electrons. The first-order chi connectivity index (χ1) is 15.3. The zero-order valence-corrected chi connectivity index (χ0v) is 19.2. The lowest BCUT2D eigenvalue weighted by Crippen LogP contribution is -2.24. The second kappa shape index (κ2) is 8.67. The number of hydrogen-bond donors (Lipinski definition) is 1. The number of aliphatic imine (C=N–C) groups is 2. The lowest BCUT2D eigenvalue weighted by molar-refractivity contribution is 0.168. The van der Waals surface area contributed by atoms with Gasteiger partial charge >= 0.3 is 0 Å². The van der Waals surface area contributed by atoms with E-state index in [2.05, 4.69) is 15.0 Å². The number of benzene rings is 1. The predicted octanol–water partition coefficient (Wildman–Crippen LogP) is 4.05. The summed E-state index contributed by atoms with van der Waals surface area (Å²) < 4.78 is 7.11. The molecular formula is C25H29N5O2. The molecule has 3 aromatic rings. The standard InChI is InChI=1S/C25H29N5O2/c1-14-6-9-19(28-25(26)29-23(16(3)32-5)17-7-8-17)12-20(14)21-11-18-13-27-15(2)10-22(18)30(4)24(21)31/h6,9-13,16-17H,7-8H2,1-5H3,(H2,26,28)/t16-/m0/s1. The molecule has 4 rings (SSSR count). The Balaban J connectivity index is 1.77. The van der Waals surface area contributed by atoms with Crippen LogP contribution in [0.5, 0.6) is 0 Å². The number of rotatable bonds is 5. The average Bonchev–Trinajstić information content (AvgIpc) is 3.61. The summed E-state index contributed by atoms with van der Waals surface area (Å²) in [5.41, 5.74) is 11.8. The molecule has 2 heterocycles. The van der Waals surface area contributed by atoms with E-state index in [0.717, 1.165) is 46.3 Å². The normalized spacial score (nSPS) is 15.9. The summed E-state index contributed by atoms with van der Waals surface area (Å²) >= 11 is 0. The zero-order chi connectivity index (χ0) is 23.0. The summed E-state index contributed by atoms with van der Waals surface area (Å²) in [6, 6.07) is 9.53. The van der Waals surface area contributed by atoms with E-state index in [9.17, 15) is 4.79 Å². The van der Waals surface area contributed by atoms with E-state index >= 15 is 0 Å². The Labute approximate surface area is 187 Å². The lowest BCUT2D eigenvalue weighted by Gasteiger charge is -2.13. The molecule has 7 nitrogen and oxygen atoms in total. The first kappa shape index (κ1) is 21.9. The maximum absolute atomic E-state index is 13.2. The van der Waals surface area contributed by atoms with Crippen LogP contribution in [0.2, 0.25) is 0 Å². The number of fused-ring (bicyclic) bond motifs is 1. The molecule has 0 saturated heterocycles. The molecule has 0 aliphatic heterocycles. The third-order valence-corrected chi connectivity index (χ3v) is 6.01. The van der Waals surface area contributed by atoms with Crippen LogP contribution in [0.1, 0.15) is 31.0 Å². The molecule has 0 radical (unpaired) electrons. The van der Waals surface area contributed by atoms with Gasteiger partial charge in [0, 0.05) is 42.9 Å². The first-order valence-corrected chi connectivity index (χ1v) is 10.8. The van der Waals surface area contributed by atoms with Gasteiger partial charge in [0.05, 0.1) is 23.0 Å². The third-order valence-electron chi connectivity index (χ3n) is 6.01. The van der Waals surface area contributed by atoms with Crippen molar-refractivity contribution in [3.05, 3.63) is 58.1 Å². The Hall–Kier alpha value is -3.32. The molecule has 2 aromatic heterocycles. The fourth-order valence-corrected chi connectivity index (χ4v) is 3.93. The van der Waals surface area contributed by atoms with Gasteiger partial charge in [0.1, 0.15) is 0 Å². The van der Waals surface area contributed by atoms with Crippen LogP contribution in [0, 0.1) is 19.8 Å². The van der Waals surface area contributed by atoms with Crippen LogP contribution in [0.15, 0.2) is 51.3 Å². The van der Waals surface area contributed by atoms with Crippen LogP contribution in [0.3, 0.4) is 0 Å². The van der Waals surface area contributed by atoms with Crippen molar-refractivity contribution in [1.29, 1.82) is 0 Å². The maximum atomic E-state index is 13.2. The summed E-state index contributed by atoms with van der Waals surface area (Å²) in [6.07, 6.45) is 3.92. The number of guanidine groups is 1. The summed E-state index contributed by atoms with van der Waals surface area (Å²) in [6.45, 7) is 5.87. The molecule has 1 aliphatic carbocycles. The van der Waals surface area contributed by atoms with Gasteiger partial charge in [-0.3, -0.25) is 9.78 Å². The minimum Gasteiger partial charge on any atom is -0.376 e. The summed E-state index contributed by atoms with van der Waals surface area (Å²) in [5.74, 6) is 0.613. The molecule has 0 spiro atoms. The third kappa shape index (κ3) is 4.34. The Bertz CT molecular complexity index is 1300. The molecule has 1 aromatic carbocycles.